The van der Waals surface area contributed by atoms with Crippen molar-refractivity contribution in [2.45, 2.75) is 11.0 Å². The highest BCUT2D eigenvalue weighted by molar-refractivity contribution is 14.1. The molecule has 1 unspecified atom stereocenters. The molecule has 1 aliphatic heterocycles. The maximum atomic E-state index is 2.47. The minimum Gasteiger partial charge on any atom is -0.325 e. The second-order valence-electron chi connectivity index (χ2n) is 4.12. The standard InChI is InChI=1S/C14H12IN/c1-10-7-11-9-14(15)16(13(11)8-10)12-5-3-2-4-6-12/h2-9,14H,1H3. The maximum Gasteiger partial charge on any atom is 0.105 e. The monoisotopic (exact) mass is 321 g/mol. The molecule has 1 aliphatic carbocycles. The van der Waals surface area contributed by atoms with Crippen molar-refractivity contribution >= 4 is 28.3 Å². The van der Waals surface area contributed by atoms with Crippen molar-refractivity contribution in [3.63, 3.8) is 0 Å². The van der Waals surface area contributed by atoms with E-state index in [-0.39, 0.29) is 0 Å². The fourth-order valence-electron chi connectivity index (χ4n) is 2.23. The fourth-order valence-corrected chi connectivity index (χ4v) is 3.24. The van der Waals surface area contributed by atoms with Gasteiger partial charge in [0, 0.05) is 11.4 Å². The van der Waals surface area contributed by atoms with Crippen LogP contribution in [0, 0.1) is 0 Å². The number of para-hydroxylation sites is 1. The number of hydrogen-bond donors (Lipinski definition) is 0. The Bertz CT molecular complexity index is 511. The molecule has 0 N–H and O–H groups in total. The van der Waals surface area contributed by atoms with Crippen LogP contribution in [-0.2, 0) is 0 Å². The first kappa shape index (κ1) is 10.1. The number of allylic oxidation sites excluding steroid dienone is 3. The number of rotatable bonds is 1. The molecule has 3 rings (SSSR count). The van der Waals surface area contributed by atoms with Crippen molar-refractivity contribution in [3.05, 3.63) is 65.4 Å². The van der Waals surface area contributed by atoms with E-state index in [1.165, 1.54) is 22.5 Å². The second-order valence-corrected chi connectivity index (χ2v) is 5.39. The van der Waals surface area contributed by atoms with Gasteiger partial charge in [0.25, 0.3) is 0 Å². The lowest BCUT2D eigenvalue weighted by molar-refractivity contribution is 1.06. The fraction of sp³-hybridized carbons (Fsp3) is 0.143. The lowest BCUT2D eigenvalue weighted by Gasteiger charge is -2.24. The van der Waals surface area contributed by atoms with Crippen molar-refractivity contribution in [3.8, 4) is 0 Å². The van der Waals surface area contributed by atoms with Crippen LogP contribution in [0.15, 0.2) is 65.4 Å². The summed E-state index contributed by atoms with van der Waals surface area (Å²) >= 11 is 2.47. The zero-order valence-corrected chi connectivity index (χ0v) is 11.2. The van der Waals surface area contributed by atoms with Gasteiger partial charge in [-0.2, -0.15) is 0 Å². The van der Waals surface area contributed by atoms with Crippen LogP contribution in [0.3, 0.4) is 0 Å². The van der Waals surface area contributed by atoms with E-state index in [9.17, 15) is 0 Å². The zero-order chi connectivity index (χ0) is 11.1. The predicted octanol–water partition coefficient (Wildman–Crippen LogP) is 4.04. The number of anilines is 1. The Morgan fingerprint density at radius 1 is 1.12 bits per heavy atom. The Morgan fingerprint density at radius 3 is 2.62 bits per heavy atom. The molecule has 0 amide bonds. The summed E-state index contributed by atoms with van der Waals surface area (Å²) in [5, 5.41) is 0. The summed E-state index contributed by atoms with van der Waals surface area (Å²) in [7, 11) is 0. The number of halogens is 1. The first-order chi connectivity index (χ1) is 7.75. The molecule has 0 fully saturated rings. The normalized spacial score (nSPS) is 22.8. The van der Waals surface area contributed by atoms with Gasteiger partial charge in [0.1, 0.15) is 4.05 Å². The first-order valence-corrected chi connectivity index (χ1v) is 6.61. The van der Waals surface area contributed by atoms with Gasteiger partial charge in [0.05, 0.1) is 0 Å². The summed E-state index contributed by atoms with van der Waals surface area (Å²) in [5.41, 5.74) is 5.30. The van der Waals surface area contributed by atoms with Gasteiger partial charge in [-0.1, -0.05) is 46.9 Å². The second kappa shape index (κ2) is 3.77. The van der Waals surface area contributed by atoms with Crippen molar-refractivity contribution < 1.29 is 0 Å². The summed E-state index contributed by atoms with van der Waals surface area (Å²) in [6.45, 7) is 2.15. The summed E-state index contributed by atoms with van der Waals surface area (Å²) in [6.07, 6.45) is 6.83. The Morgan fingerprint density at radius 2 is 1.88 bits per heavy atom. The number of alkyl halides is 1. The highest BCUT2D eigenvalue weighted by Crippen LogP contribution is 2.39. The molecule has 1 heterocycles. The van der Waals surface area contributed by atoms with Gasteiger partial charge in [0.2, 0.25) is 0 Å². The molecular weight excluding hydrogens is 309 g/mol. The van der Waals surface area contributed by atoms with Crippen LogP contribution in [0.25, 0.3) is 0 Å². The van der Waals surface area contributed by atoms with E-state index in [0.717, 1.165) is 0 Å². The summed E-state index contributed by atoms with van der Waals surface area (Å²) in [5.74, 6) is 0. The number of hydrogen-bond acceptors (Lipinski definition) is 1. The molecule has 0 radical (unpaired) electrons. The zero-order valence-electron chi connectivity index (χ0n) is 9.02. The van der Waals surface area contributed by atoms with E-state index in [0.29, 0.717) is 4.05 Å². The van der Waals surface area contributed by atoms with Gasteiger partial charge in [-0.15, -0.1) is 0 Å². The smallest absolute Gasteiger partial charge is 0.105 e. The van der Waals surface area contributed by atoms with Crippen LogP contribution in [0.5, 0.6) is 0 Å². The average molecular weight is 321 g/mol. The third kappa shape index (κ3) is 1.52. The van der Waals surface area contributed by atoms with Crippen LogP contribution in [0.1, 0.15) is 6.92 Å². The molecule has 2 heteroatoms. The van der Waals surface area contributed by atoms with E-state index in [4.69, 9.17) is 0 Å². The van der Waals surface area contributed by atoms with Crippen LogP contribution in [0.2, 0.25) is 0 Å². The van der Waals surface area contributed by atoms with E-state index in [1.54, 1.807) is 0 Å². The van der Waals surface area contributed by atoms with Gasteiger partial charge >= 0.3 is 0 Å². The van der Waals surface area contributed by atoms with Crippen molar-refractivity contribution in [1.82, 2.24) is 0 Å². The minimum atomic E-state index is 0.422. The summed E-state index contributed by atoms with van der Waals surface area (Å²) in [6, 6.07) is 10.6. The van der Waals surface area contributed by atoms with E-state index < -0.39 is 0 Å². The predicted molar refractivity (Wildman–Crippen MR) is 76.7 cm³/mol. The summed E-state index contributed by atoms with van der Waals surface area (Å²) < 4.78 is 0.422. The quantitative estimate of drug-likeness (QED) is 0.429. The minimum absolute atomic E-state index is 0.422. The third-order valence-electron chi connectivity index (χ3n) is 2.90. The van der Waals surface area contributed by atoms with Gasteiger partial charge in [-0.25, -0.2) is 0 Å². The summed E-state index contributed by atoms with van der Waals surface area (Å²) in [4.78, 5) is 2.38. The lowest BCUT2D eigenvalue weighted by atomic mass is 10.2. The largest absolute Gasteiger partial charge is 0.325 e. The molecule has 0 spiro atoms. The van der Waals surface area contributed by atoms with Crippen LogP contribution >= 0.6 is 22.6 Å². The van der Waals surface area contributed by atoms with Crippen LogP contribution < -0.4 is 4.90 Å². The number of nitrogens with zero attached hydrogens (tertiary/aromatic N) is 1. The number of fused-ring (bicyclic) bond motifs is 1. The van der Waals surface area contributed by atoms with Crippen molar-refractivity contribution in [1.29, 1.82) is 0 Å². The molecule has 1 atom stereocenters. The SMILES string of the molecule is CC1=CC2=CC(I)N(c3ccccc3)C2=C1. The topological polar surface area (TPSA) is 3.24 Å². The molecule has 0 bridgehead atoms. The number of benzene rings is 1. The van der Waals surface area contributed by atoms with Crippen LogP contribution in [0.4, 0.5) is 5.69 Å². The van der Waals surface area contributed by atoms with Crippen LogP contribution in [-0.4, -0.2) is 4.05 Å². The Hall–Kier alpha value is -1.03. The Kier molecular flexibility index (Phi) is 2.39. The average Bonchev–Trinajstić information content (AvgIpc) is 2.74. The first-order valence-electron chi connectivity index (χ1n) is 5.36. The van der Waals surface area contributed by atoms with Crippen molar-refractivity contribution in [2.24, 2.45) is 0 Å². The molecule has 1 aromatic rings. The molecule has 1 nitrogen and oxygen atoms in total. The lowest BCUT2D eigenvalue weighted by Crippen LogP contribution is -2.23. The van der Waals surface area contributed by atoms with E-state index >= 15 is 0 Å². The molecular formula is C14H12IN. The van der Waals surface area contributed by atoms with E-state index in [2.05, 4.69) is 83.0 Å². The molecule has 2 aliphatic rings. The van der Waals surface area contributed by atoms with Gasteiger partial charge in [-0.3, -0.25) is 0 Å². The Balaban J connectivity index is 2.03. The highest BCUT2D eigenvalue weighted by atomic mass is 127. The van der Waals surface area contributed by atoms with Gasteiger partial charge in [0.15, 0.2) is 0 Å². The van der Waals surface area contributed by atoms with Gasteiger partial charge in [-0.05, 0) is 42.4 Å². The molecule has 80 valence electrons. The molecule has 0 aromatic heterocycles. The molecule has 1 aromatic carbocycles. The third-order valence-corrected chi connectivity index (χ3v) is 3.82. The molecule has 16 heavy (non-hydrogen) atoms. The van der Waals surface area contributed by atoms with Gasteiger partial charge < -0.3 is 4.90 Å². The highest BCUT2D eigenvalue weighted by Gasteiger charge is 2.29. The molecule has 0 saturated heterocycles. The molecule has 0 saturated carbocycles. The van der Waals surface area contributed by atoms with Crippen molar-refractivity contribution in [2.75, 3.05) is 4.90 Å². The Labute approximate surface area is 109 Å². The maximum absolute atomic E-state index is 2.47. The van der Waals surface area contributed by atoms with E-state index in [1.807, 2.05) is 0 Å².